The van der Waals surface area contributed by atoms with Crippen LogP contribution >= 0.6 is 15.9 Å². The maximum absolute atomic E-state index is 13.2. The minimum Gasteiger partial charge on any atom is -0.455 e. The van der Waals surface area contributed by atoms with Gasteiger partial charge in [0.05, 0.1) is 21.4 Å². The van der Waals surface area contributed by atoms with Crippen molar-refractivity contribution in [3.05, 3.63) is 45.4 Å². The highest BCUT2D eigenvalue weighted by atomic mass is 79.9. The number of aromatic nitrogens is 2. The van der Waals surface area contributed by atoms with Gasteiger partial charge in [-0.1, -0.05) is 6.92 Å². The van der Waals surface area contributed by atoms with Crippen molar-refractivity contribution in [2.24, 2.45) is 7.05 Å². The number of nitrogen functional groups attached to an aromatic ring is 1. The second kappa shape index (κ2) is 6.26. The van der Waals surface area contributed by atoms with Crippen LogP contribution in [0.5, 0.6) is 0 Å². The van der Waals surface area contributed by atoms with E-state index in [9.17, 15) is 9.18 Å². The summed E-state index contributed by atoms with van der Waals surface area (Å²) < 4.78 is 20.8. The zero-order chi connectivity index (χ0) is 15.6. The maximum Gasteiger partial charge on any atom is 0.340 e. The average Bonchev–Trinajstić information content (AvgIpc) is 2.73. The lowest BCUT2D eigenvalue weighted by Gasteiger charge is -2.08. The van der Waals surface area contributed by atoms with Crippen LogP contribution in [0.4, 0.5) is 10.1 Å². The van der Waals surface area contributed by atoms with Gasteiger partial charge in [0.2, 0.25) is 0 Å². The first-order valence-corrected chi connectivity index (χ1v) is 7.15. The molecule has 0 spiro atoms. The summed E-state index contributed by atoms with van der Waals surface area (Å²) in [6, 6.07) is 3.59. The Balaban J connectivity index is 2.15. The fourth-order valence-electron chi connectivity index (χ4n) is 1.89. The van der Waals surface area contributed by atoms with Crippen LogP contribution in [0.25, 0.3) is 0 Å². The van der Waals surface area contributed by atoms with E-state index in [-0.39, 0.29) is 17.9 Å². The Labute approximate surface area is 130 Å². The van der Waals surface area contributed by atoms with Crippen molar-refractivity contribution in [3.63, 3.8) is 0 Å². The number of carbonyl (C=O) groups is 1. The van der Waals surface area contributed by atoms with Gasteiger partial charge in [-0.05, 0) is 40.5 Å². The zero-order valence-electron chi connectivity index (χ0n) is 11.7. The molecule has 2 aromatic rings. The molecule has 0 unspecified atom stereocenters. The number of carbonyl (C=O) groups excluding carboxylic acids is 1. The average molecular weight is 356 g/mol. The van der Waals surface area contributed by atoms with E-state index in [1.54, 1.807) is 11.7 Å². The first-order chi connectivity index (χ1) is 9.93. The van der Waals surface area contributed by atoms with Gasteiger partial charge >= 0.3 is 5.97 Å². The summed E-state index contributed by atoms with van der Waals surface area (Å²) in [5.41, 5.74) is 7.46. The predicted molar refractivity (Wildman–Crippen MR) is 80.2 cm³/mol. The van der Waals surface area contributed by atoms with Gasteiger partial charge in [-0.2, -0.15) is 5.10 Å². The van der Waals surface area contributed by atoms with Gasteiger partial charge in [-0.25, -0.2) is 9.18 Å². The number of ether oxygens (including phenoxy) is 1. The molecule has 0 bridgehead atoms. The van der Waals surface area contributed by atoms with Crippen LogP contribution < -0.4 is 5.73 Å². The second-order valence-corrected chi connectivity index (χ2v) is 5.29. The van der Waals surface area contributed by atoms with Crippen LogP contribution in [-0.2, 0) is 24.8 Å². The van der Waals surface area contributed by atoms with Crippen molar-refractivity contribution >= 4 is 27.6 Å². The first kappa shape index (κ1) is 15.5. The molecule has 0 aliphatic heterocycles. The number of rotatable bonds is 4. The molecule has 21 heavy (non-hydrogen) atoms. The molecule has 0 amide bonds. The van der Waals surface area contributed by atoms with Gasteiger partial charge in [0.1, 0.15) is 12.4 Å². The third-order valence-corrected chi connectivity index (χ3v) is 3.99. The maximum atomic E-state index is 13.2. The van der Waals surface area contributed by atoms with Gasteiger partial charge in [0.15, 0.2) is 0 Å². The van der Waals surface area contributed by atoms with Gasteiger partial charge in [-0.15, -0.1) is 0 Å². The largest absolute Gasteiger partial charge is 0.455 e. The third-order valence-electron chi connectivity index (χ3n) is 3.08. The summed E-state index contributed by atoms with van der Waals surface area (Å²) in [5.74, 6) is -1.20. The third kappa shape index (κ3) is 3.24. The fraction of sp³-hybridized carbons (Fsp3) is 0.286. The fourth-order valence-corrected chi connectivity index (χ4v) is 2.62. The van der Waals surface area contributed by atoms with Crippen molar-refractivity contribution in [1.29, 1.82) is 0 Å². The number of halogens is 2. The number of aryl methyl sites for hydroxylation is 2. The number of benzene rings is 1. The van der Waals surface area contributed by atoms with Crippen LogP contribution in [0.2, 0.25) is 0 Å². The minimum atomic E-state index is -0.668. The molecular formula is C14H15BrFN3O2. The van der Waals surface area contributed by atoms with Crippen LogP contribution in [0, 0.1) is 5.82 Å². The molecule has 0 aliphatic carbocycles. The Bertz CT molecular complexity index is 685. The number of hydrogen-bond donors (Lipinski definition) is 1. The number of anilines is 1. The van der Waals surface area contributed by atoms with Crippen LogP contribution in [0.3, 0.4) is 0 Å². The number of hydrogen-bond acceptors (Lipinski definition) is 4. The molecule has 0 aliphatic rings. The summed E-state index contributed by atoms with van der Waals surface area (Å²) in [6.45, 7) is 2.01. The van der Waals surface area contributed by atoms with Crippen molar-refractivity contribution in [2.75, 3.05) is 5.73 Å². The number of nitrogens with two attached hydrogens (primary N) is 1. The second-order valence-electron chi connectivity index (χ2n) is 4.49. The van der Waals surface area contributed by atoms with Gasteiger partial charge in [0, 0.05) is 12.7 Å². The summed E-state index contributed by atoms with van der Waals surface area (Å²) >= 11 is 3.44. The SMILES string of the molecule is CCc1nn(C)c(COC(=O)c2cc(F)ccc2N)c1Br. The highest BCUT2D eigenvalue weighted by Crippen LogP contribution is 2.23. The van der Waals surface area contributed by atoms with Crippen molar-refractivity contribution in [2.45, 2.75) is 20.0 Å². The molecule has 0 saturated carbocycles. The zero-order valence-corrected chi connectivity index (χ0v) is 13.3. The van der Waals surface area contributed by atoms with Gasteiger partial charge in [0.25, 0.3) is 0 Å². The molecule has 5 nitrogen and oxygen atoms in total. The molecule has 0 atom stereocenters. The molecule has 1 aromatic carbocycles. The molecule has 2 N–H and O–H groups in total. The van der Waals surface area contributed by atoms with Crippen LogP contribution in [-0.4, -0.2) is 15.7 Å². The molecule has 2 rings (SSSR count). The normalized spacial score (nSPS) is 10.7. The topological polar surface area (TPSA) is 70.1 Å². The van der Waals surface area contributed by atoms with E-state index >= 15 is 0 Å². The van der Waals surface area contributed by atoms with E-state index in [2.05, 4.69) is 21.0 Å². The quantitative estimate of drug-likeness (QED) is 0.676. The molecule has 1 aromatic heterocycles. The summed E-state index contributed by atoms with van der Waals surface area (Å²) in [6.07, 6.45) is 0.763. The molecule has 1 heterocycles. The van der Waals surface area contributed by atoms with Crippen LogP contribution in [0.1, 0.15) is 28.7 Å². The van der Waals surface area contributed by atoms with E-state index < -0.39 is 11.8 Å². The Morgan fingerprint density at radius 3 is 2.86 bits per heavy atom. The van der Waals surface area contributed by atoms with Crippen LogP contribution in [0.15, 0.2) is 22.7 Å². The van der Waals surface area contributed by atoms with Crippen molar-refractivity contribution in [1.82, 2.24) is 9.78 Å². The van der Waals surface area contributed by atoms with E-state index in [1.165, 1.54) is 12.1 Å². The molecule has 7 heteroatoms. The lowest BCUT2D eigenvalue weighted by atomic mass is 10.2. The van der Waals surface area contributed by atoms with Gasteiger partial charge < -0.3 is 10.5 Å². The smallest absolute Gasteiger partial charge is 0.340 e. The lowest BCUT2D eigenvalue weighted by molar-refractivity contribution is 0.0463. The summed E-state index contributed by atoms with van der Waals surface area (Å²) in [7, 11) is 1.77. The Hall–Kier alpha value is -1.89. The minimum absolute atomic E-state index is 0.0176. The molecule has 112 valence electrons. The summed E-state index contributed by atoms with van der Waals surface area (Å²) in [4.78, 5) is 12.0. The van der Waals surface area contributed by atoms with E-state index in [0.717, 1.165) is 28.3 Å². The number of esters is 1. The molecule has 0 saturated heterocycles. The van der Waals surface area contributed by atoms with E-state index in [1.807, 2.05) is 6.92 Å². The summed E-state index contributed by atoms with van der Waals surface area (Å²) in [5, 5.41) is 4.30. The molecule has 0 radical (unpaired) electrons. The Kier molecular flexibility index (Phi) is 4.62. The van der Waals surface area contributed by atoms with E-state index in [0.29, 0.717) is 0 Å². The molecule has 0 fully saturated rings. The van der Waals surface area contributed by atoms with Crippen molar-refractivity contribution < 1.29 is 13.9 Å². The predicted octanol–water partition coefficient (Wildman–Crippen LogP) is 2.82. The van der Waals surface area contributed by atoms with Crippen molar-refractivity contribution in [3.8, 4) is 0 Å². The Morgan fingerprint density at radius 2 is 2.24 bits per heavy atom. The van der Waals surface area contributed by atoms with E-state index in [4.69, 9.17) is 10.5 Å². The Morgan fingerprint density at radius 1 is 1.52 bits per heavy atom. The standard InChI is InChI=1S/C14H15BrFN3O2/c1-3-11-13(15)12(19(2)18-11)7-21-14(20)9-6-8(16)4-5-10(9)17/h4-6H,3,7,17H2,1-2H3. The monoisotopic (exact) mass is 355 g/mol. The highest BCUT2D eigenvalue weighted by molar-refractivity contribution is 9.10. The molecular weight excluding hydrogens is 341 g/mol. The highest BCUT2D eigenvalue weighted by Gasteiger charge is 2.17. The first-order valence-electron chi connectivity index (χ1n) is 6.36. The van der Waals surface area contributed by atoms with Gasteiger partial charge in [-0.3, -0.25) is 4.68 Å². The number of nitrogens with zero attached hydrogens (tertiary/aromatic N) is 2. The lowest BCUT2D eigenvalue weighted by Crippen LogP contribution is -2.10.